The van der Waals surface area contributed by atoms with Crippen molar-refractivity contribution in [2.24, 2.45) is 0 Å². The van der Waals surface area contributed by atoms with Crippen molar-refractivity contribution in [1.29, 1.82) is 0 Å². The molecule has 0 aliphatic rings. The van der Waals surface area contributed by atoms with Gasteiger partial charge in [-0.05, 0) is 44.9 Å². The minimum Gasteiger partial charge on any atom is -0.436 e. The molecule has 1 atom stereocenters. The van der Waals surface area contributed by atoms with Gasteiger partial charge in [0, 0.05) is 12.8 Å². The van der Waals surface area contributed by atoms with Gasteiger partial charge in [0.2, 0.25) is 0 Å². The molecule has 24 heavy (non-hydrogen) atoms. The van der Waals surface area contributed by atoms with E-state index >= 15 is 0 Å². The molecule has 138 valence electrons. The van der Waals surface area contributed by atoms with E-state index in [4.69, 9.17) is 4.74 Å². The first-order valence-electron chi connectivity index (χ1n) is 9.53. The Morgan fingerprint density at radius 2 is 1.42 bits per heavy atom. The van der Waals surface area contributed by atoms with E-state index in [2.05, 4.69) is 43.4 Å². The van der Waals surface area contributed by atoms with Crippen molar-refractivity contribution in [3.05, 3.63) is 36.5 Å². The van der Waals surface area contributed by atoms with Crippen molar-refractivity contribution in [3.8, 4) is 0 Å². The first-order valence-corrected chi connectivity index (χ1v) is 9.53. The fourth-order valence-electron chi connectivity index (χ4n) is 2.12. The van der Waals surface area contributed by atoms with Gasteiger partial charge in [0.15, 0.2) is 6.29 Å². The Kier molecular flexibility index (Phi) is 17.0. The lowest BCUT2D eigenvalue weighted by atomic mass is 10.1. The topological polar surface area (TPSA) is 46.5 Å². The summed E-state index contributed by atoms with van der Waals surface area (Å²) < 4.78 is 4.80. The third-order valence-corrected chi connectivity index (χ3v) is 3.64. The van der Waals surface area contributed by atoms with Gasteiger partial charge in [-0.2, -0.15) is 0 Å². The molecule has 0 saturated heterocycles. The molecule has 0 amide bonds. The fourth-order valence-corrected chi connectivity index (χ4v) is 2.12. The summed E-state index contributed by atoms with van der Waals surface area (Å²) >= 11 is 0. The first kappa shape index (κ1) is 22.6. The standard InChI is InChI=1S/C21H36O3/c1-3-5-6-7-8-9-10-11-12-13-14-15-16-17-18-19-21(23)24-20(22)4-2/h8-9,11-12,14-15,20,22H,3-7,10,13,16-19H2,1-2H3/b9-8-,12-11-,15-14-. The first-order chi connectivity index (χ1) is 11.7. The number of unbranched alkanes of at least 4 members (excludes halogenated alkanes) is 5. The number of aliphatic hydroxyl groups is 1. The van der Waals surface area contributed by atoms with Crippen LogP contribution in [0.2, 0.25) is 0 Å². The Labute approximate surface area is 148 Å². The molecule has 0 aromatic rings. The maximum absolute atomic E-state index is 11.3. The molecule has 0 saturated carbocycles. The molecule has 1 unspecified atom stereocenters. The van der Waals surface area contributed by atoms with Crippen LogP contribution in [0, 0.1) is 0 Å². The average molecular weight is 337 g/mol. The Balaban J connectivity index is 3.43. The van der Waals surface area contributed by atoms with E-state index in [9.17, 15) is 9.90 Å². The zero-order chi connectivity index (χ0) is 17.9. The van der Waals surface area contributed by atoms with Crippen LogP contribution in [0.4, 0.5) is 0 Å². The van der Waals surface area contributed by atoms with Crippen LogP contribution in [0.15, 0.2) is 36.5 Å². The molecular weight excluding hydrogens is 300 g/mol. The molecule has 0 fully saturated rings. The maximum atomic E-state index is 11.3. The van der Waals surface area contributed by atoms with Crippen molar-refractivity contribution in [2.75, 3.05) is 0 Å². The van der Waals surface area contributed by atoms with E-state index in [0.29, 0.717) is 12.8 Å². The molecular formula is C21H36O3. The predicted molar refractivity (Wildman–Crippen MR) is 102 cm³/mol. The van der Waals surface area contributed by atoms with Crippen LogP contribution in [0.1, 0.15) is 84.5 Å². The van der Waals surface area contributed by atoms with Crippen LogP contribution in [0.25, 0.3) is 0 Å². The Morgan fingerprint density at radius 3 is 1.96 bits per heavy atom. The van der Waals surface area contributed by atoms with Crippen LogP contribution in [-0.4, -0.2) is 17.4 Å². The average Bonchev–Trinajstić information content (AvgIpc) is 2.58. The lowest BCUT2D eigenvalue weighted by Crippen LogP contribution is -2.16. The van der Waals surface area contributed by atoms with Gasteiger partial charge in [-0.1, -0.05) is 63.1 Å². The van der Waals surface area contributed by atoms with Crippen molar-refractivity contribution >= 4 is 5.97 Å². The Bertz CT molecular complexity index is 369. The second-order valence-electron chi connectivity index (χ2n) is 5.98. The molecule has 3 nitrogen and oxygen atoms in total. The van der Waals surface area contributed by atoms with Crippen molar-refractivity contribution in [2.45, 2.75) is 90.8 Å². The SMILES string of the molecule is CCCCC/C=C\C/C=C\C/C=C\CCCCC(=O)OC(O)CC. The number of carbonyl (C=O) groups is 1. The number of allylic oxidation sites excluding steroid dienone is 6. The van der Waals surface area contributed by atoms with Crippen LogP contribution in [0.5, 0.6) is 0 Å². The molecule has 0 aromatic carbocycles. The molecule has 0 aliphatic heterocycles. The lowest BCUT2D eigenvalue weighted by molar-refractivity contribution is -0.168. The summed E-state index contributed by atoms with van der Waals surface area (Å²) in [6.07, 6.45) is 23.0. The minimum atomic E-state index is -0.949. The molecule has 0 bridgehead atoms. The van der Waals surface area contributed by atoms with Crippen LogP contribution < -0.4 is 0 Å². The number of esters is 1. The number of rotatable bonds is 15. The molecule has 1 N–H and O–H groups in total. The van der Waals surface area contributed by atoms with Gasteiger partial charge < -0.3 is 9.84 Å². The third kappa shape index (κ3) is 17.0. The lowest BCUT2D eigenvalue weighted by Gasteiger charge is -2.08. The van der Waals surface area contributed by atoms with Gasteiger partial charge in [0.1, 0.15) is 0 Å². The van der Waals surface area contributed by atoms with Gasteiger partial charge in [0.25, 0.3) is 0 Å². The van der Waals surface area contributed by atoms with Crippen LogP contribution >= 0.6 is 0 Å². The van der Waals surface area contributed by atoms with E-state index in [1.807, 2.05) is 0 Å². The Morgan fingerprint density at radius 1 is 0.875 bits per heavy atom. The van der Waals surface area contributed by atoms with Gasteiger partial charge in [0.05, 0.1) is 0 Å². The van der Waals surface area contributed by atoms with E-state index < -0.39 is 6.29 Å². The van der Waals surface area contributed by atoms with Gasteiger partial charge in [-0.25, -0.2) is 0 Å². The quantitative estimate of drug-likeness (QED) is 0.177. The largest absolute Gasteiger partial charge is 0.436 e. The monoisotopic (exact) mass is 336 g/mol. The van der Waals surface area contributed by atoms with Gasteiger partial charge in [-0.15, -0.1) is 0 Å². The normalized spacial score (nSPS) is 13.3. The minimum absolute atomic E-state index is 0.306. The van der Waals surface area contributed by atoms with Gasteiger partial charge >= 0.3 is 5.97 Å². The summed E-state index contributed by atoms with van der Waals surface area (Å²) in [6.45, 7) is 4.01. The highest BCUT2D eigenvalue weighted by atomic mass is 16.6. The summed E-state index contributed by atoms with van der Waals surface area (Å²) in [7, 11) is 0. The molecule has 0 aliphatic carbocycles. The maximum Gasteiger partial charge on any atom is 0.308 e. The molecule has 3 heteroatoms. The zero-order valence-electron chi connectivity index (χ0n) is 15.6. The zero-order valence-corrected chi connectivity index (χ0v) is 15.6. The number of aliphatic hydroxyl groups excluding tert-OH is 1. The highest BCUT2D eigenvalue weighted by molar-refractivity contribution is 5.69. The molecule has 0 aromatic heterocycles. The van der Waals surface area contributed by atoms with E-state index in [1.54, 1.807) is 6.92 Å². The fraction of sp³-hybridized carbons (Fsp3) is 0.667. The summed E-state index contributed by atoms with van der Waals surface area (Å²) in [4.78, 5) is 11.3. The molecule has 0 rings (SSSR count). The van der Waals surface area contributed by atoms with E-state index in [1.165, 1.54) is 25.7 Å². The van der Waals surface area contributed by atoms with Crippen LogP contribution in [-0.2, 0) is 9.53 Å². The van der Waals surface area contributed by atoms with E-state index in [0.717, 1.165) is 32.1 Å². The van der Waals surface area contributed by atoms with Crippen molar-refractivity contribution < 1.29 is 14.6 Å². The summed E-state index contributed by atoms with van der Waals surface area (Å²) in [5.74, 6) is -0.306. The highest BCUT2D eigenvalue weighted by Gasteiger charge is 2.07. The smallest absolute Gasteiger partial charge is 0.308 e. The Hall–Kier alpha value is -1.35. The number of hydrogen-bond acceptors (Lipinski definition) is 3. The summed E-state index contributed by atoms with van der Waals surface area (Å²) in [5.41, 5.74) is 0. The van der Waals surface area contributed by atoms with Crippen molar-refractivity contribution in [3.63, 3.8) is 0 Å². The number of ether oxygens (including phenoxy) is 1. The highest BCUT2D eigenvalue weighted by Crippen LogP contribution is 2.05. The third-order valence-electron chi connectivity index (χ3n) is 3.64. The second kappa shape index (κ2) is 18.0. The molecule has 0 heterocycles. The van der Waals surface area contributed by atoms with Crippen LogP contribution in [0.3, 0.4) is 0 Å². The molecule has 0 radical (unpaired) electrons. The number of carbonyl (C=O) groups excluding carboxylic acids is 1. The van der Waals surface area contributed by atoms with Crippen molar-refractivity contribution in [1.82, 2.24) is 0 Å². The molecule has 0 spiro atoms. The predicted octanol–water partition coefficient (Wildman–Crippen LogP) is 5.85. The van der Waals surface area contributed by atoms with E-state index in [-0.39, 0.29) is 5.97 Å². The van der Waals surface area contributed by atoms with Gasteiger partial charge in [-0.3, -0.25) is 4.79 Å². The second-order valence-corrected chi connectivity index (χ2v) is 5.98. The number of hydrogen-bond donors (Lipinski definition) is 1. The summed E-state index contributed by atoms with van der Waals surface area (Å²) in [5, 5.41) is 9.19. The summed E-state index contributed by atoms with van der Waals surface area (Å²) in [6, 6.07) is 0.